The Morgan fingerprint density at radius 2 is 1.76 bits per heavy atom. The summed E-state index contributed by atoms with van der Waals surface area (Å²) < 4.78 is 90.2. The van der Waals surface area contributed by atoms with Gasteiger partial charge in [-0.3, -0.25) is 14.5 Å². The van der Waals surface area contributed by atoms with Crippen LogP contribution in [0.1, 0.15) is 52.7 Å². The number of alkyl halides is 4. The van der Waals surface area contributed by atoms with Crippen molar-refractivity contribution in [3.05, 3.63) is 106 Å². The summed E-state index contributed by atoms with van der Waals surface area (Å²) in [5, 5.41) is 6.35. The Morgan fingerprint density at radius 1 is 1.05 bits per heavy atom. The van der Waals surface area contributed by atoms with E-state index in [1.54, 1.807) is 19.2 Å². The Balaban J connectivity index is 1.49. The van der Waals surface area contributed by atoms with Crippen LogP contribution in [0.3, 0.4) is 0 Å². The number of rotatable bonds is 10. The largest absolute Gasteiger partial charge is 0.380 e. The number of methoxy groups -OCH3 is 1. The number of amides is 1. The lowest BCUT2D eigenvalue weighted by Gasteiger charge is -2.22. The molecule has 0 saturated carbocycles. The molecular formula is C30H26F6N4O2. The number of pyridine rings is 1. The van der Waals surface area contributed by atoms with Crippen molar-refractivity contribution in [2.24, 2.45) is 0 Å². The highest BCUT2D eigenvalue weighted by atomic mass is 19.3. The maximum atomic E-state index is 14.6. The third-order valence-corrected chi connectivity index (χ3v) is 7.06. The first-order valence-corrected chi connectivity index (χ1v) is 13.1. The van der Waals surface area contributed by atoms with Crippen molar-refractivity contribution in [2.75, 3.05) is 7.11 Å². The molecule has 4 aromatic rings. The van der Waals surface area contributed by atoms with Gasteiger partial charge in [0.2, 0.25) is 5.91 Å². The van der Waals surface area contributed by atoms with Crippen LogP contribution >= 0.6 is 0 Å². The van der Waals surface area contributed by atoms with Crippen LogP contribution in [0.2, 0.25) is 0 Å². The van der Waals surface area contributed by atoms with E-state index in [-0.39, 0.29) is 24.0 Å². The monoisotopic (exact) mass is 588 g/mol. The predicted octanol–water partition coefficient (Wildman–Crippen LogP) is 6.45. The zero-order valence-corrected chi connectivity index (χ0v) is 22.4. The van der Waals surface area contributed by atoms with Crippen LogP contribution in [0.5, 0.6) is 0 Å². The number of nitrogens with one attached hydrogen (secondary N) is 1. The predicted molar refractivity (Wildman–Crippen MR) is 141 cm³/mol. The smallest absolute Gasteiger partial charge is 0.290 e. The molecule has 5 rings (SSSR count). The number of halogens is 6. The molecule has 6 nitrogen and oxygen atoms in total. The third kappa shape index (κ3) is 6.18. The van der Waals surface area contributed by atoms with E-state index in [0.717, 1.165) is 23.3 Å². The van der Waals surface area contributed by atoms with Crippen LogP contribution < -0.4 is 5.32 Å². The zero-order chi connectivity index (χ0) is 30.0. The molecule has 1 N–H and O–H groups in total. The van der Waals surface area contributed by atoms with Gasteiger partial charge in [-0.1, -0.05) is 30.3 Å². The molecule has 2 aromatic carbocycles. The Kier molecular flexibility index (Phi) is 8.35. The van der Waals surface area contributed by atoms with Crippen molar-refractivity contribution in [2.45, 2.75) is 50.8 Å². The van der Waals surface area contributed by atoms with Gasteiger partial charge in [-0.15, -0.1) is 0 Å². The lowest BCUT2D eigenvalue weighted by atomic mass is 9.95. The highest BCUT2D eigenvalue weighted by molar-refractivity contribution is 5.77. The van der Waals surface area contributed by atoms with E-state index >= 15 is 0 Å². The number of aromatic nitrogens is 3. The highest BCUT2D eigenvalue weighted by Crippen LogP contribution is 2.44. The fraction of sp³-hybridized carbons (Fsp3) is 0.300. The Bertz CT molecular complexity index is 1570. The number of fused-ring (bicyclic) bond motifs is 1. The van der Waals surface area contributed by atoms with Crippen LogP contribution in [0.25, 0.3) is 11.1 Å². The molecule has 2 aromatic heterocycles. The molecule has 1 atom stereocenters. The van der Waals surface area contributed by atoms with Gasteiger partial charge in [0.05, 0.1) is 18.3 Å². The third-order valence-electron chi connectivity index (χ3n) is 7.06. The van der Waals surface area contributed by atoms with Gasteiger partial charge in [0.15, 0.2) is 0 Å². The van der Waals surface area contributed by atoms with Gasteiger partial charge in [0, 0.05) is 36.9 Å². The van der Waals surface area contributed by atoms with Crippen molar-refractivity contribution < 1.29 is 35.9 Å². The minimum atomic E-state index is -3.42. The van der Waals surface area contributed by atoms with Gasteiger partial charge in [-0.2, -0.15) is 13.9 Å². The van der Waals surface area contributed by atoms with E-state index in [9.17, 15) is 31.1 Å². The van der Waals surface area contributed by atoms with Crippen molar-refractivity contribution in [3.63, 3.8) is 0 Å². The summed E-state index contributed by atoms with van der Waals surface area (Å²) in [5.74, 6) is -5.88. The Morgan fingerprint density at radius 3 is 2.43 bits per heavy atom. The molecule has 12 heteroatoms. The van der Waals surface area contributed by atoms with E-state index in [1.807, 2.05) is 24.3 Å². The summed E-state index contributed by atoms with van der Waals surface area (Å²) in [7, 11) is 1.57. The van der Waals surface area contributed by atoms with Gasteiger partial charge in [0.1, 0.15) is 29.6 Å². The van der Waals surface area contributed by atoms with Crippen LogP contribution in [-0.2, 0) is 41.4 Å². The minimum absolute atomic E-state index is 0.109. The topological polar surface area (TPSA) is 69.0 Å². The number of hydrogen-bond acceptors (Lipinski definition) is 4. The van der Waals surface area contributed by atoms with Crippen molar-refractivity contribution in [1.29, 1.82) is 0 Å². The highest BCUT2D eigenvalue weighted by Gasteiger charge is 2.46. The van der Waals surface area contributed by atoms with Gasteiger partial charge in [-0.25, -0.2) is 17.6 Å². The van der Waals surface area contributed by atoms with E-state index in [4.69, 9.17) is 4.74 Å². The SMILES string of the molecule is COCc1ccc(-c2cccnc2[C@H](Cc2cc(F)cc(F)c2)NC(=O)Cn2nc(C(F)F)c3c2C(F)(F)CC3)cc1. The lowest BCUT2D eigenvalue weighted by Crippen LogP contribution is -2.35. The van der Waals surface area contributed by atoms with Gasteiger partial charge in [0.25, 0.3) is 12.3 Å². The Hall–Kier alpha value is -4.19. The maximum absolute atomic E-state index is 14.6. The number of hydrogen-bond donors (Lipinski definition) is 1. The molecule has 42 heavy (non-hydrogen) atoms. The number of carbonyl (C=O) groups excluding carboxylic acids is 1. The standard InChI is InChI=1S/C30H26F6N4O2/c1-42-16-17-4-6-19(7-5-17)22-3-2-10-37-26(22)24(13-18-11-20(31)14-21(32)12-18)38-25(41)15-40-28-23(8-9-30(28,35)36)27(39-40)29(33)34/h2-7,10-12,14,24,29H,8-9,13,15-16H2,1H3,(H,38,41)/t24-/m0/s1. The zero-order valence-electron chi connectivity index (χ0n) is 22.4. The normalized spacial score (nSPS) is 14.7. The Labute approximate surface area is 237 Å². The summed E-state index contributed by atoms with van der Waals surface area (Å²) >= 11 is 0. The molecule has 0 radical (unpaired) electrons. The second kappa shape index (κ2) is 12.0. The van der Waals surface area contributed by atoms with Gasteiger partial charge in [-0.05, 0) is 47.7 Å². The van der Waals surface area contributed by atoms with E-state index in [0.29, 0.717) is 28.6 Å². The fourth-order valence-electron chi connectivity index (χ4n) is 5.31. The molecule has 0 spiro atoms. The molecule has 0 aliphatic heterocycles. The first-order chi connectivity index (χ1) is 20.1. The van der Waals surface area contributed by atoms with E-state index in [1.165, 1.54) is 6.20 Å². The average Bonchev–Trinajstić information content (AvgIpc) is 3.46. The molecule has 220 valence electrons. The van der Waals surface area contributed by atoms with E-state index in [2.05, 4.69) is 15.4 Å². The van der Waals surface area contributed by atoms with Gasteiger partial charge >= 0.3 is 0 Å². The molecule has 1 aliphatic carbocycles. The molecule has 0 saturated heterocycles. The molecule has 2 heterocycles. The second-order valence-electron chi connectivity index (χ2n) is 10.0. The summed E-state index contributed by atoms with van der Waals surface area (Å²) in [5.41, 5.74) is 1.08. The van der Waals surface area contributed by atoms with Crippen LogP contribution in [0, 0.1) is 11.6 Å². The maximum Gasteiger partial charge on any atom is 0.290 e. The average molecular weight is 589 g/mol. The van der Waals surface area contributed by atoms with Crippen molar-refractivity contribution in [3.8, 4) is 11.1 Å². The first-order valence-electron chi connectivity index (χ1n) is 13.1. The van der Waals surface area contributed by atoms with Gasteiger partial charge < -0.3 is 10.1 Å². The van der Waals surface area contributed by atoms with Crippen molar-refractivity contribution >= 4 is 5.91 Å². The molecule has 1 aliphatic rings. The van der Waals surface area contributed by atoms with Crippen LogP contribution in [0.4, 0.5) is 26.3 Å². The molecule has 0 fully saturated rings. The summed E-state index contributed by atoms with van der Waals surface area (Å²) in [6.45, 7) is -0.375. The van der Waals surface area contributed by atoms with E-state index < -0.39 is 60.3 Å². The number of carbonyl (C=O) groups is 1. The number of ether oxygens (including phenoxy) is 1. The molecular weight excluding hydrogens is 562 g/mol. The summed E-state index contributed by atoms with van der Waals surface area (Å²) in [6, 6.07) is 12.8. The van der Waals surface area contributed by atoms with Crippen molar-refractivity contribution in [1.82, 2.24) is 20.1 Å². The number of benzene rings is 2. The lowest BCUT2D eigenvalue weighted by molar-refractivity contribution is -0.122. The molecule has 0 bridgehead atoms. The number of nitrogens with zero attached hydrogens (tertiary/aromatic N) is 3. The molecule has 1 amide bonds. The second-order valence-corrected chi connectivity index (χ2v) is 10.0. The fourth-order valence-corrected chi connectivity index (χ4v) is 5.31. The quantitative estimate of drug-likeness (QED) is 0.217. The summed E-state index contributed by atoms with van der Waals surface area (Å²) in [6.07, 6.45) is -2.65. The first kappa shape index (κ1) is 29.3. The minimum Gasteiger partial charge on any atom is -0.380 e. The molecule has 0 unspecified atom stereocenters. The summed E-state index contributed by atoms with van der Waals surface area (Å²) in [4.78, 5) is 17.7. The van der Waals surface area contributed by atoms with Crippen LogP contribution in [0.15, 0.2) is 60.8 Å². The van der Waals surface area contributed by atoms with Crippen LogP contribution in [-0.4, -0.2) is 27.8 Å².